The van der Waals surface area contributed by atoms with Gasteiger partial charge in [-0.15, -0.1) is 0 Å². The SMILES string of the molecule is [B][P+]1(O)OC[C@H](C)O[C@@H](n2c(Cl)nc3c(N)ncnc32)[C@@H](O)CO1. The summed E-state index contributed by atoms with van der Waals surface area (Å²) in [6.07, 6.45) is -1.51. The maximum absolute atomic E-state index is 10.4. The lowest BCUT2D eigenvalue weighted by Gasteiger charge is -2.25. The van der Waals surface area contributed by atoms with Crippen LogP contribution in [0.25, 0.3) is 11.2 Å². The van der Waals surface area contributed by atoms with Crippen molar-refractivity contribution < 1.29 is 23.8 Å². The molecule has 0 saturated carbocycles. The highest BCUT2D eigenvalue weighted by Crippen LogP contribution is 2.52. The number of aromatic nitrogens is 4. The first kappa shape index (κ1) is 17.7. The quantitative estimate of drug-likeness (QED) is 0.363. The number of fused-ring (bicyclic) bond motifs is 1. The molecule has 0 spiro atoms. The van der Waals surface area contributed by atoms with Crippen molar-refractivity contribution >= 4 is 44.0 Å². The molecular formula is C11H15BClN5O5P+. The van der Waals surface area contributed by atoms with Crippen LogP contribution in [-0.2, 0) is 13.8 Å². The molecule has 0 aliphatic carbocycles. The van der Waals surface area contributed by atoms with Gasteiger partial charge >= 0.3 is 15.4 Å². The van der Waals surface area contributed by atoms with E-state index >= 15 is 0 Å². The van der Waals surface area contributed by atoms with Crippen molar-refractivity contribution in [2.75, 3.05) is 18.9 Å². The van der Waals surface area contributed by atoms with Crippen molar-refractivity contribution in [3.05, 3.63) is 11.6 Å². The number of rotatable bonds is 1. The fourth-order valence-electron chi connectivity index (χ4n) is 2.24. The van der Waals surface area contributed by atoms with Gasteiger partial charge in [0.25, 0.3) is 0 Å². The van der Waals surface area contributed by atoms with Crippen LogP contribution in [0, 0.1) is 0 Å². The second kappa shape index (κ2) is 6.68. The molecule has 2 aromatic rings. The van der Waals surface area contributed by atoms with E-state index in [2.05, 4.69) is 15.0 Å². The zero-order valence-corrected chi connectivity index (χ0v) is 14.3. The lowest BCUT2D eigenvalue weighted by Crippen LogP contribution is -2.33. The summed E-state index contributed by atoms with van der Waals surface area (Å²) in [6.45, 7) is 1.31. The van der Waals surface area contributed by atoms with Crippen LogP contribution in [0.3, 0.4) is 0 Å². The first-order valence-electron chi connectivity index (χ1n) is 6.95. The molecule has 4 N–H and O–H groups in total. The van der Waals surface area contributed by atoms with Crippen LogP contribution in [0.4, 0.5) is 5.82 Å². The summed E-state index contributed by atoms with van der Waals surface area (Å²) in [5.74, 6) is 0.146. The molecule has 3 heterocycles. The highest BCUT2D eigenvalue weighted by atomic mass is 35.5. The molecule has 1 aliphatic heterocycles. The molecule has 1 saturated heterocycles. The molecule has 0 aromatic carbocycles. The molecule has 128 valence electrons. The average molecular weight is 375 g/mol. The number of aliphatic hydroxyl groups excluding tert-OH is 1. The highest BCUT2D eigenvalue weighted by Gasteiger charge is 2.40. The second-order valence-electron chi connectivity index (χ2n) is 5.24. The number of nitrogens with zero attached hydrogens (tertiary/aromatic N) is 4. The van der Waals surface area contributed by atoms with Gasteiger partial charge in [0.05, 0.1) is 6.10 Å². The first-order valence-corrected chi connectivity index (χ1v) is 8.98. The van der Waals surface area contributed by atoms with Crippen LogP contribution >= 0.6 is 19.4 Å². The Morgan fingerprint density at radius 3 is 2.88 bits per heavy atom. The van der Waals surface area contributed by atoms with E-state index in [9.17, 15) is 10.00 Å². The Hall–Kier alpha value is -1.07. The van der Waals surface area contributed by atoms with E-state index in [0.29, 0.717) is 5.65 Å². The van der Waals surface area contributed by atoms with Crippen molar-refractivity contribution in [3.63, 3.8) is 0 Å². The van der Waals surface area contributed by atoms with E-state index in [1.807, 2.05) is 0 Å². The monoisotopic (exact) mass is 374 g/mol. The third-order valence-electron chi connectivity index (χ3n) is 3.34. The molecular weight excluding hydrogens is 359 g/mol. The number of aliphatic hydroxyl groups is 1. The third-order valence-corrected chi connectivity index (χ3v) is 4.65. The zero-order valence-electron chi connectivity index (χ0n) is 12.6. The van der Waals surface area contributed by atoms with E-state index in [1.54, 1.807) is 6.92 Å². The minimum Gasteiger partial charge on any atom is -0.386 e. The fourth-order valence-corrected chi connectivity index (χ4v) is 3.37. The Kier molecular flexibility index (Phi) is 4.94. The van der Waals surface area contributed by atoms with Crippen molar-refractivity contribution in [2.24, 2.45) is 0 Å². The lowest BCUT2D eigenvalue weighted by molar-refractivity contribution is -0.120. The molecule has 2 aromatic heterocycles. The van der Waals surface area contributed by atoms with Gasteiger partial charge in [-0.2, -0.15) is 9.05 Å². The van der Waals surface area contributed by atoms with Crippen LogP contribution in [0.15, 0.2) is 6.33 Å². The molecule has 1 unspecified atom stereocenters. The summed E-state index contributed by atoms with van der Waals surface area (Å²) in [4.78, 5) is 21.9. The molecule has 0 amide bonds. The summed E-state index contributed by atoms with van der Waals surface area (Å²) in [7, 11) is 1.99. The number of anilines is 1. The predicted octanol–water partition coefficient (Wildman–Crippen LogP) is 0.212. The summed E-state index contributed by atoms with van der Waals surface area (Å²) in [5.41, 5.74) is 6.34. The summed E-state index contributed by atoms with van der Waals surface area (Å²) >= 11 is 6.18. The average Bonchev–Trinajstić information content (AvgIpc) is 2.87. The Morgan fingerprint density at radius 2 is 2.12 bits per heavy atom. The first-order chi connectivity index (χ1) is 11.3. The van der Waals surface area contributed by atoms with Gasteiger partial charge in [0.15, 0.2) is 23.2 Å². The standard InChI is InChI=1S/C11H15BClN5O5P/c1-5-2-21-24(12,20)22-3-6(19)10(23-5)18-9-7(17-11(18)13)8(14)15-4-16-9/h4-6,10,19-20H,2-3H2,1H3,(H2,14,15,16)/q+1/t5-,6-,10+,24?/m0/s1. The molecule has 0 bridgehead atoms. The van der Waals surface area contributed by atoms with E-state index in [-0.39, 0.29) is 29.8 Å². The number of imidazole rings is 1. The fraction of sp³-hybridized carbons (Fsp3) is 0.545. The Morgan fingerprint density at radius 1 is 1.42 bits per heavy atom. The van der Waals surface area contributed by atoms with Gasteiger partial charge in [0.2, 0.25) is 5.28 Å². The molecule has 1 fully saturated rings. The minimum atomic E-state index is -3.52. The van der Waals surface area contributed by atoms with Crippen LogP contribution in [0.2, 0.25) is 5.28 Å². The number of ether oxygens (including phenoxy) is 1. The van der Waals surface area contributed by atoms with Crippen molar-refractivity contribution in [1.29, 1.82) is 0 Å². The Balaban J connectivity index is 2.03. The van der Waals surface area contributed by atoms with Crippen molar-refractivity contribution in [1.82, 2.24) is 19.5 Å². The number of nitrogens with two attached hydrogens (primary N) is 1. The van der Waals surface area contributed by atoms with E-state index in [0.717, 1.165) is 0 Å². The van der Waals surface area contributed by atoms with E-state index in [1.165, 1.54) is 10.9 Å². The number of hydrogen-bond acceptors (Lipinski definition) is 9. The molecule has 10 nitrogen and oxygen atoms in total. The Bertz CT molecular complexity index is 749. The van der Waals surface area contributed by atoms with Crippen LogP contribution in [0.5, 0.6) is 0 Å². The normalized spacial score (nSPS) is 32.2. The summed E-state index contributed by atoms with van der Waals surface area (Å²) in [5, 5.41) is 10.4. The molecule has 13 heteroatoms. The van der Waals surface area contributed by atoms with Crippen LogP contribution < -0.4 is 5.73 Å². The maximum atomic E-state index is 10.4. The number of nitrogen functional groups attached to an aromatic ring is 1. The van der Waals surface area contributed by atoms with Crippen molar-refractivity contribution in [3.8, 4) is 0 Å². The smallest absolute Gasteiger partial charge is 0.386 e. The van der Waals surface area contributed by atoms with Crippen LogP contribution in [-0.4, -0.2) is 62.5 Å². The van der Waals surface area contributed by atoms with Gasteiger partial charge in [-0.3, -0.25) is 4.57 Å². The summed E-state index contributed by atoms with van der Waals surface area (Å²) in [6, 6.07) is 0. The van der Waals surface area contributed by atoms with Gasteiger partial charge in [0, 0.05) is 0 Å². The highest BCUT2D eigenvalue weighted by molar-refractivity contribution is 7.85. The second-order valence-corrected chi connectivity index (χ2v) is 7.22. The minimum absolute atomic E-state index is 0.00595. The van der Waals surface area contributed by atoms with Gasteiger partial charge in [0.1, 0.15) is 25.6 Å². The molecule has 3 rings (SSSR count). The molecule has 24 heavy (non-hydrogen) atoms. The van der Waals surface area contributed by atoms with Gasteiger partial charge in [-0.25, -0.2) is 19.8 Å². The lowest BCUT2D eigenvalue weighted by atomic mass is 10.3. The van der Waals surface area contributed by atoms with E-state index < -0.39 is 26.3 Å². The number of halogens is 1. The third kappa shape index (κ3) is 3.47. The van der Waals surface area contributed by atoms with Crippen molar-refractivity contribution in [2.45, 2.75) is 25.4 Å². The van der Waals surface area contributed by atoms with Gasteiger partial charge in [-0.05, 0) is 18.5 Å². The summed E-state index contributed by atoms with van der Waals surface area (Å²) < 4.78 is 17.3. The number of hydrogen-bond donors (Lipinski definition) is 3. The Labute approximate surface area is 143 Å². The molecule has 2 radical (unpaired) electrons. The zero-order chi connectivity index (χ0) is 17.5. The van der Waals surface area contributed by atoms with Gasteiger partial charge < -0.3 is 15.6 Å². The van der Waals surface area contributed by atoms with Gasteiger partial charge in [-0.1, -0.05) is 0 Å². The van der Waals surface area contributed by atoms with E-state index in [4.69, 9.17) is 38.7 Å². The maximum Gasteiger partial charge on any atom is 0.488 e. The molecule has 4 atom stereocenters. The molecule has 1 aliphatic rings. The largest absolute Gasteiger partial charge is 0.488 e. The predicted molar refractivity (Wildman–Crippen MR) is 87.1 cm³/mol. The topological polar surface area (TPSA) is 138 Å². The van der Waals surface area contributed by atoms with Crippen LogP contribution in [0.1, 0.15) is 13.2 Å².